The van der Waals surface area contributed by atoms with Crippen molar-refractivity contribution < 1.29 is 14.3 Å². The molecule has 0 aliphatic carbocycles. The van der Waals surface area contributed by atoms with E-state index >= 15 is 0 Å². The Bertz CT molecular complexity index is 618. The molecule has 2 N–H and O–H groups in total. The van der Waals surface area contributed by atoms with Gasteiger partial charge in [-0.1, -0.05) is 17.9 Å². The normalized spacial score (nSPS) is 10.3. The summed E-state index contributed by atoms with van der Waals surface area (Å²) in [6.07, 6.45) is 0. The molecule has 0 heterocycles. The van der Waals surface area contributed by atoms with E-state index in [-0.39, 0.29) is 30.8 Å². The van der Waals surface area contributed by atoms with Crippen molar-refractivity contribution >= 4 is 29.1 Å². The SMILES string of the molecule is CC(=O)Nc1cccc(OCC#CCNC(=O)C(C)(C)CCl)c1. The lowest BCUT2D eigenvalue weighted by Gasteiger charge is -2.19. The summed E-state index contributed by atoms with van der Waals surface area (Å²) in [4.78, 5) is 22.7. The van der Waals surface area contributed by atoms with Crippen molar-refractivity contribution in [3.8, 4) is 17.6 Å². The molecule has 124 valence electrons. The molecule has 0 aliphatic rings. The maximum atomic E-state index is 11.7. The molecule has 0 unspecified atom stereocenters. The summed E-state index contributed by atoms with van der Waals surface area (Å²) >= 11 is 5.72. The summed E-state index contributed by atoms with van der Waals surface area (Å²) in [5.41, 5.74) is 0.0580. The lowest BCUT2D eigenvalue weighted by atomic mass is 9.95. The fourth-order valence-electron chi connectivity index (χ4n) is 1.52. The van der Waals surface area contributed by atoms with Crippen LogP contribution in [0.1, 0.15) is 20.8 Å². The van der Waals surface area contributed by atoms with Gasteiger partial charge in [0.25, 0.3) is 0 Å². The van der Waals surface area contributed by atoms with E-state index in [4.69, 9.17) is 16.3 Å². The summed E-state index contributed by atoms with van der Waals surface area (Å²) in [6.45, 7) is 5.42. The highest BCUT2D eigenvalue weighted by atomic mass is 35.5. The minimum atomic E-state index is -0.607. The van der Waals surface area contributed by atoms with Crippen LogP contribution < -0.4 is 15.4 Å². The monoisotopic (exact) mass is 336 g/mol. The molecule has 2 amide bonds. The number of alkyl halides is 1. The minimum Gasteiger partial charge on any atom is -0.481 e. The van der Waals surface area contributed by atoms with Crippen molar-refractivity contribution in [1.82, 2.24) is 5.32 Å². The number of nitrogens with one attached hydrogen (secondary N) is 2. The fraction of sp³-hybridized carbons (Fsp3) is 0.412. The molecule has 0 radical (unpaired) electrons. The first-order chi connectivity index (χ1) is 10.8. The van der Waals surface area contributed by atoms with Crippen LogP contribution in [0.4, 0.5) is 5.69 Å². The van der Waals surface area contributed by atoms with Gasteiger partial charge in [-0.05, 0) is 26.0 Å². The van der Waals surface area contributed by atoms with Crippen LogP contribution in [-0.2, 0) is 9.59 Å². The molecular formula is C17H21ClN2O3. The zero-order valence-corrected chi connectivity index (χ0v) is 14.3. The van der Waals surface area contributed by atoms with E-state index in [1.54, 1.807) is 38.1 Å². The van der Waals surface area contributed by atoms with Crippen LogP contribution in [0.25, 0.3) is 0 Å². The van der Waals surface area contributed by atoms with E-state index in [0.29, 0.717) is 11.4 Å². The van der Waals surface area contributed by atoms with Gasteiger partial charge in [0.05, 0.1) is 12.0 Å². The second-order valence-corrected chi connectivity index (χ2v) is 5.82. The standard InChI is InChI=1S/C17H21ClN2O3/c1-13(21)20-14-7-6-8-15(11-14)23-10-5-4-9-19-16(22)17(2,3)12-18/h6-8,11H,9-10,12H2,1-3H3,(H,19,22)(H,20,21). The average molecular weight is 337 g/mol. The van der Waals surface area contributed by atoms with Crippen LogP contribution >= 0.6 is 11.6 Å². The molecule has 0 bridgehead atoms. The summed E-state index contributed by atoms with van der Waals surface area (Å²) in [7, 11) is 0. The molecule has 0 aliphatic heterocycles. The summed E-state index contributed by atoms with van der Waals surface area (Å²) in [5.74, 6) is 6.21. The number of ether oxygens (including phenoxy) is 1. The third kappa shape index (κ3) is 7.07. The highest BCUT2D eigenvalue weighted by Gasteiger charge is 2.25. The van der Waals surface area contributed by atoms with E-state index < -0.39 is 5.41 Å². The molecule has 0 spiro atoms. The minimum absolute atomic E-state index is 0.134. The lowest BCUT2D eigenvalue weighted by molar-refractivity contribution is -0.128. The summed E-state index contributed by atoms with van der Waals surface area (Å²) in [5, 5.41) is 5.38. The number of carbonyl (C=O) groups excluding carboxylic acids is 2. The summed E-state index contributed by atoms with van der Waals surface area (Å²) in [6, 6.07) is 7.04. The quantitative estimate of drug-likeness (QED) is 0.619. The van der Waals surface area contributed by atoms with Gasteiger partial charge in [-0.3, -0.25) is 9.59 Å². The van der Waals surface area contributed by atoms with E-state index in [2.05, 4.69) is 22.5 Å². The average Bonchev–Trinajstić information content (AvgIpc) is 2.50. The molecule has 0 saturated heterocycles. The van der Waals surface area contributed by atoms with Crippen LogP contribution in [-0.4, -0.2) is 30.8 Å². The smallest absolute Gasteiger partial charge is 0.227 e. The number of halogens is 1. The highest BCUT2D eigenvalue weighted by Crippen LogP contribution is 2.17. The van der Waals surface area contributed by atoms with Crippen molar-refractivity contribution in [2.45, 2.75) is 20.8 Å². The van der Waals surface area contributed by atoms with Gasteiger partial charge in [0.2, 0.25) is 11.8 Å². The van der Waals surface area contributed by atoms with Crippen LogP contribution in [0.2, 0.25) is 0 Å². The van der Waals surface area contributed by atoms with E-state index in [9.17, 15) is 9.59 Å². The van der Waals surface area contributed by atoms with Crippen molar-refractivity contribution in [2.75, 3.05) is 24.3 Å². The maximum absolute atomic E-state index is 11.7. The molecule has 0 saturated carbocycles. The van der Waals surface area contributed by atoms with Crippen molar-refractivity contribution in [3.05, 3.63) is 24.3 Å². The van der Waals surface area contributed by atoms with Gasteiger partial charge in [0, 0.05) is 24.6 Å². The van der Waals surface area contributed by atoms with E-state index in [1.165, 1.54) is 6.92 Å². The second-order valence-electron chi connectivity index (χ2n) is 5.55. The summed E-state index contributed by atoms with van der Waals surface area (Å²) < 4.78 is 5.46. The first kappa shape index (κ1) is 18.9. The van der Waals surface area contributed by atoms with Crippen LogP contribution in [0.5, 0.6) is 5.75 Å². The molecular weight excluding hydrogens is 316 g/mol. The largest absolute Gasteiger partial charge is 0.481 e. The first-order valence-corrected chi connectivity index (χ1v) is 7.69. The Morgan fingerprint density at radius 2 is 2.04 bits per heavy atom. The second kappa shape index (κ2) is 9.06. The van der Waals surface area contributed by atoms with Crippen LogP contribution in [0.3, 0.4) is 0 Å². The van der Waals surface area contributed by atoms with E-state index in [1.807, 2.05) is 0 Å². The number of anilines is 1. The Balaban J connectivity index is 2.38. The topological polar surface area (TPSA) is 67.4 Å². The van der Waals surface area contributed by atoms with Gasteiger partial charge >= 0.3 is 0 Å². The number of hydrogen-bond donors (Lipinski definition) is 2. The fourth-order valence-corrected chi connectivity index (χ4v) is 1.65. The third-order valence-corrected chi connectivity index (χ3v) is 3.54. The van der Waals surface area contributed by atoms with Crippen molar-refractivity contribution in [3.63, 3.8) is 0 Å². The van der Waals surface area contributed by atoms with Crippen molar-refractivity contribution in [2.24, 2.45) is 5.41 Å². The first-order valence-electron chi connectivity index (χ1n) is 7.15. The number of rotatable bonds is 6. The number of hydrogen-bond acceptors (Lipinski definition) is 3. The number of benzene rings is 1. The van der Waals surface area contributed by atoms with Gasteiger partial charge < -0.3 is 15.4 Å². The zero-order chi connectivity index (χ0) is 17.3. The molecule has 0 fully saturated rings. The zero-order valence-electron chi connectivity index (χ0n) is 13.5. The highest BCUT2D eigenvalue weighted by molar-refractivity contribution is 6.19. The third-order valence-electron chi connectivity index (χ3n) is 2.88. The van der Waals surface area contributed by atoms with Crippen LogP contribution in [0, 0.1) is 17.3 Å². The Hall–Kier alpha value is -2.19. The Labute approximate surface area is 141 Å². The molecule has 1 aromatic rings. The van der Waals surface area contributed by atoms with Gasteiger partial charge in [-0.2, -0.15) is 0 Å². The Morgan fingerprint density at radius 3 is 2.70 bits per heavy atom. The molecule has 1 rings (SSSR count). The number of amides is 2. The molecule has 1 aromatic carbocycles. The molecule has 0 aromatic heterocycles. The lowest BCUT2D eigenvalue weighted by Crippen LogP contribution is -2.38. The molecule has 23 heavy (non-hydrogen) atoms. The maximum Gasteiger partial charge on any atom is 0.227 e. The Morgan fingerprint density at radius 1 is 1.30 bits per heavy atom. The van der Waals surface area contributed by atoms with Gasteiger partial charge in [0.15, 0.2) is 0 Å². The van der Waals surface area contributed by atoms with Crippen molar-refractivity contribution in [1.29, 1.82) is 0 Å². The predicted molar refractivity (Wildman–Crippen MR) is 91.5 cm³/mol. The molecule has 6 heteroatoms. The van der Waals surface area contributed by atoms with Crippen LogP contribution in [0.15, 0.2) is 24.3 Å². The Kier molecular flexibility index (Phi) is 7.43. The predicted octanol–water partition coefficient (Wildman–Crippen LogP) is 2.41. The van der Waals surface area contributed by atoms with Gasteiger partial charge in [-0.15, -0.1) is 11.6 Å². The molecule has 5 nitrogen and oxygen atoms in total. The van der Waals surface area contributed by atoms with Gasteiger partial charge in [0.1, 0.15) is 12.4 Å². The van der Waals surface area contributed by atoms with E-state index in [0.717, 1.165) is 0 Å². The molecule has 0 atom stereocenters. The number of carbonyl (C=O) groups is 2. The van der Waals surface area contributed by atoms with Gasteiger partial charge in [-0.25, -0.2) is 0 Å².